The van der Waals surface area contributed by atoms with Crippen molar-refractivity contribution in [2.75, 3.05) is 0 Å². The first-order chi connectivity index (χ1) is 10.8. The molecule has 3 rings (SSSR count). The summed E-state index contributed by atoms with van der Waals surface area (Å²) in [4.78, 5) is 12.0. The van der Waals surface area contributed by atoms with Gasteiger partial charge in [-0.1, -0.05) is 18.2 Å². The topological polar surface area (TPSA) is 39.4 Å². The molecule has 0 amide bonds. The zero-order chi connectivity index (χ0) is 15.2. The summed E-state index contributed by atoms with van der Waals surface area (Å²) in [7, 11) is 0. The summed E-state index contributed by atoms with van der Waals surface area (Å²) >= 11 is 0. The van der Waals surface area contributed by atoms with Gasteiger partial charge in [-0.25, -0.2) is 0 Å². The van der Waals surface area contributed by atoms with E-state index < -0.39 is 0 Å². The first-order valence-corrected chi connectivity index (χ1v) is 6.90. The third kappa shape index (κ3) is 3.52. The van der Waals surface area contributed by atoms with Crippen molar-refractivity contribution >= 4 is 11.9 Å². The first kappa shape index (κ1) is 13.9. The van der Waals surface area contributed by atoms with Crippen LogP contribution in [0.1, 0.15) is 16.1 Å². The van der Waals surface area contributed by atoms with E-state index in [-0.39, 0.29) is 5.78 Å². The number of hydrogen-bond acceptors (Lipinski definition) is 3. The summed E-state index contributed by atoms with van der Waals surface area (Å²) < 4.78 is 10.8. The lowest BCUT2D eigenvalue weighted by molar-refractivity contribution is 0.104. The Kier molecular flexibility index (Phi) is 4.16. The molecule has 0 aliphatic rings. The highest BCUT2D eigenvalue weighted by molar-refractivity contribution is 6.06. The minimum Gasteiger partial charge on any atom is -0.465 e. The van der Waals surface area contributed by atoms with E-state index in [1.807, 2.05) is 30.3 Å². The molecule has 3 aromatic rings. The van der Waals surface area contributed by atoms with E-state index in [1.54, 1.807) is 48.7 Å². The predicted molar refractivity (Wildman–Crippen MR) is 85.0 cm³/mol. The van der Waals surface area contributed by atoms with Crippen LogP contribution >= 0.6 is 0 Å². The number of para-hydroxylation sites is 1. The fourth-order valence-corrected chi connectivity index (χ4v) is 1.95. The Labute approximate surface area is 128 Å². The second kappa shape index (κ2) is 6.59. The van der Waals surface area contributed by atoms with Gasteiger partial charge in [-0.3, -0.25) is 4.79 Å². The SMILES string of the molecule is O=C(C=Cc1ccco1)c1ccc(Oc2ccccc2)cc1. The standard InChI is InChI=1S/C19H14O3/c20-19(13-12-16-7-4-14-21-16)15-8-10-18(11-9-15)22-17-5-2-1-3-6-17/h1-14H. The van der Waals surface area contributed by atoms with E-state index in [4.69, 9.17) is 9.15 Å². The average molecular weight is 290 g/mol. The van der Waals surface area contributed by atoms with Gasteiger partial charge in [0.25, 0.3) is 0 Å². The molecule has 0 aliphatic carbocycles. The summed E-state index contributed by atoms with van der Waals surface area (Å²) in [5, 5.41) is 0. The smallest absolute Gasteiger partial charge is 0.185 e. The number of benzene rings is 2. The summed E-state index contributed by atoms with van der Waals surface area (Å²) in [6.45, 7) is 0. The van der Waals surface area contributed by atoms with Crippen LogP contribution in [0.15, 0.2) is 83.5 Å². The molecule has 0 aliphatic heterocycles. The number of carbonyl (C=O) groups is 1. The van der Waals surface area contributed by atoms with E-state index >= 15 is 0 Å². The van der Waals surface area contributed by atoms with Crippen LogP contribution < -0.4 is 4.74 Å². The molecule has 108 valence electrons. The number of ketones is 1. The number of rotatable bonds is 5. The fraction of sp³-hybridized carbons (Fsp3) is 0. The lowest BCUT2D eigenvalue weighted by Crippen LogP contribution is -1.94. The quantitative estimate of drug-likeness (QED) is 0.492. The van der Waals surface area contributed by atoms with Gasteiger partial charge in [0.2, 0.25) is 0 Å². The number of allylic oxidation sites excluding steroid dienone is 1. The summed E-state index contributed by atoms with van der Waals surface area (Å²) in [6, 6.07) is 20.1. The van der Waals surface area contributed by atoms with E-state index in [0.29, 0.717) is 17.1 Å². The molecule has 0 spiro atoms. The maximum Gasteiger partial charge on any atom is 0.185 e. The van der Waals surface area contributed by atoms with Gasteiger partial charge < -0.3 is 9.15 Å². The summed E-state index contributed by atoms with van der Waals surface area (Å²) in [6.07, 6.45) is 4.71. The zero-order valence-electron chi connectivity index (χ0n) is 11.8. The Morgan fingerprint density at radius 3 is 2.27 bits per heavy atom. The molecule has 3 heteroatoms. The summed E-state index contributed by atoms with van der Waals surface area (Å²) in [5.74, 6) is 2.03. The highest BCUT2D eigenvalue weighted by Gasteiger charge is 2.03. The van der Waals surface area contributed by atoms with Crippen molar-refractivity contribution in [3.8, 4) is 11.5 Å². The van der Waals surface area contributed by atoms with Crippen LogP contribution in [0.3, 0.4) is 0 Å². The van der Waals surface area contributed by atoms with E-state index in [2.05, 4.69) is 0 Å². The van der Waals surface area contributed by atoms with E-state index in [9.17, 15) is 4.79 Å². The van der Waals surface area contributed by atoms with Crippen molar-refractivity contribution in [1.29, 1.82) is 0 Å². The zero-order valence-corrected chi connectivity index (χ0v) is 11.8. The molecule has 2 aromatic carbocycles. The third-order valence-corrected chi connectivity index (χ3v) is 3.06. The highest BCUT2D eigenvalue weighted by atomic mass is 16.5. The Balaban J connectivity index is 1.67. The molecule has 22 heavy (non-hydrogen) atoms. The number of ether oxygens (including phenoxy) is 1. The third-order valence-electron chi connectivity index (χ3n) is 3.06. The summed E-state index contributed by atoms with van der Waals surface area (Å²) in [5.41, 5.74) is 0.600. The number of furan rings is 1. The Morgan fingerprint density at radius 2 is 1.59 bits per heavy atom. The second-order valence-electron chi connectivity index (χ2n) is 4.65. The maximum absolute atomic E-state index is 12.0. The van der Waals surface area contributed by atoms with Crippen molar-refractivity contribution in [1.82, 2.24) is 0 Å². The number of hydrogen-bond donors (Lipinski definition) is 0. The van der Waals surface area contributed by atoms with Crippen molar-refractivity contribution in [2.45, 2.75) is 0 Å². The number of carbonyl (C=O) groups excluding carboxylic acids is 1. The minimum absolute atomic E-state index is 0.0809. The molecule has 0 saturated carbocycles. The molecule has 1 heterocycles. The van der Waals surface area contributed by atoms with Crippen LogP contribution in [0, 0.1) is 0 Å². The van der Waals surface area contributed by atoms with Crippen LogP contribution in [0.2, 0.25) is 0 Å². The van der Waals surface area contributed by atoms with Gasteiger partial charge in [0, 0.05) is 5.56 Å². The lowest BCUT2D eigenvalue weighted by Gasteiger charge is -2.05. The van der Waals surface area contributed by atoms with Crippen LogP contribution in [-0.4, -0.2) is 5.78 Å². The molecular weight excluding hydrogens is 276 g/mol. The van der Waals surface area contributed by atoms with Crippen molar-refractivity contribution < 1.29 is 13.9 Å². The van der Waals surface area contributed by atoms with Crippen LogP contribution in [-0.2, 0) is 0 Å². The molecule has 0 bridgehead atoms. The first-order valence-electron chi connectivity index (χ1n) is 6.90. The van der Waals surface area contributed by atoms with Gasteiger partial charge in [0.05, 0.1) is 6.26 Å². The van der Waals surface area contributed by atoms with Crippen LogP contribution in [0.5, 0.6) is 11.5 Å². The van der Waals surface area contributed by atoms with Gasteiger partial charge in [-0.05, 0) is 60.7 Å². The Morgan fingerprint density at radius 1 is 0.864 bits per heavy atom. The molecule has 0 N–H and O–H groups in total. The van der Waals surface area contributed by atoms with Gasteiger partial charge in [0.1, 0.15) is 17.3 Å². The fourth-order valence-electron chi connectivity index (χ4n) is 1.95. The molecule has 0 atom stereocenters. The lowest BCUT2D eigenvalue weighted by atomic mass is 10.1. The highest BCUT2D eigenvalue weighted by Crippen LogP contribution is 2.21. The minimum atomic E-state index is -0.0809. The average Bonchev–Trinajstić information content (AvgIpc) is 3.08. The Hall–Kier alpha value is -3.07. The van der Waals surface area contributed by atoms with Gasteiger partial charge in [-0.2, -0.15) is 0 Å². The van der Waals surface area contributed by atoms with Crippen molar-refractivity contribution in [3.63, 3.8) is 0 Å². The molecule has 1 aromatic heterocycles. The molecule has 0 fully saturated rings. The van der Waals surface area contributed by atoms with Crippen LogP contribution in [0.4, 0.5) is 0 Å². The largest absolute Gasteiger partial charge is 0.465 e. The molecule has 0 unspecified atom stereocenters. The van der Waals surface area contributed by atoms with Gasteiger partial charge in [0.15, 0.2) is 5.78 Å². The predicted octanol–water partition coefficient (Wildman–Crippen LogP) is 4.97. The van der Waals surface area contributed by atoms with Crippen molar-refractivity contribution in [3.05, 3.63) is 90.4 Å². The van der Waals surface area contributed by atoms with E-state index in [0.717, 1.165) is 5.75 Å². The van der Waals surface area contributed by atoms with Crippen molar-refractivity contribution in [2.24, 2.45) is 0 Å². The van der Waals surface area contributed by atoms with Crippen LogP contribution in [0.25, 0.3) is 6.08 Å². The van der Waals surface area contributed by atoms with Gasteiger partial charge >= 0.3 is 0 Å². The maximum atomic E-state index is 12.0. The molecule has 0 saturated heterocycles. The molecule has 3 nitrogen and oxygen atoms in total. The monoisotopic (exact) mass is 290 g/mol. The molecular formula is C19H14O3. The molecule has 0 radical (unpaired) electrons. The Bertz CT molecular complexity index is 754. The van der Waals surface area contributed by atoms with E-state index in [1.165, 1.54) is 6.08 Å². The normalized spacial score (nSPS) is 10.7. The second-order valence-corrected chi connectivity index (χ2v) is 4.65. The van der Waals surface area contributed by atoms with Gasteiger partial charge in [-0.15, -0.1) is 0 Å².